The maximum Gasteiger partial charge on any atom is 0.255 e. The second-order valence-electron chi connectivity index (χ2n) is 6.14. The monoisotopic (exact) mass is 367 g/mol. The topological polar surface area (TPSA) is 84.7 Å². The molecule has 138 valence electrons. The molecule has 1 fully saturated rings. The van der Waals surface area contributed by atoms with Gasteiger partial charge in [0.2, 0.25) is 5.91 Å². The van der Waals surface area contributed by atoms with Crippen LogP contribution in [0, 0.1) is 5.92 Å². The van der Waals surface area contributed by atoms with Crippen molar-refractivity contribution >= 4 is 29.1 Å². The number of carbonyl (C=O) groups is 2. The minimum absolute atomic E-state index is 0.118. The summed E-state index contributed by atoms with van der Waals surface area (Å²) in [6, 6.07) is 4.32. The van der Waals surface area contributed by atoms with E-state index in [-0.39, 0.29) is 17.7 Å². The molecule has 1 heterocycles. The molecule has 2 rings (SSSR count). The van der Waals surface area contributed by atoms with Gasteiger partial charge in [-0.3, -0.25) is 9.59 Å². The van der Waals surface area contributed by atoms with Crippen LogP contribution in [-0.4, -0.2) is 49.1 Å². The normalized spacial score (nSPS) is 16.3. The van der Waals surface area contributed by atoms with Crippen LogP contribution in [0.25, 0.3) is 0 Å². The lowest BCUT2D eigenvalue weighted by atomic mass is 9.92. The first-order valence-electron chi connectivity index (χ1n) is 8.70. The zero-order chi connectivity index (χ0) is 18.4. The van der Waals surface area contributed by atoms with Gasteiger partial charge in [-0.15, -0.1) is 0 Å². The van der Waals surface area contributed by atoms with Gasteiger partial charge in [0.1, 0.15) is 0 Å². The van der Waals surface area contributed by atoms with Gasteiger partial charge in [0.15, 0.2) is 0 Å². The van der Waals surface area contributed by atoms with E-state index in [9.17, 15) is 9.59 Å². The lowest BCUT2D eigenvalue weighted by Gasteiger charge is -2.26. The van der Waals surface area contributed by atoms with Crippen molar-refractivity contribution < 1.29 is 14.3 Å². The van der Waals surface area contributed by atoms with Crippen LogP contribution in [0.15, 0.2) is 18.2 Å². The number of rotatable bonds is 6. The van der Waals surface area contributed by atoms with Crippen molar-refractivity contribution in [3.63, 3.8) is 0 Å². The molecule has 0 saturated carbocycles. The fourth-order valence-corrected chi connectivity index (χ4v) is 3.22. The van der Waals surface area contributed by atoms with E-state index in [0.29, 0.717) is 42.6 Å². The maximum absolute atomic E-state index is 12.4. The Kier molecular flexibility index (Phi) is 7.23. The van der Waals surface area contributed by atoms with Crippen molar-refractivity contribution in [3.8, 4) is 0 Å². The zero-order valence-corrected chi connectivity index (χ0v) is 15.5. The number of benzene rings is 1. The van der Waals surface area contributed by atoms with Crippen molar-refractivity contribution in [3.05, 3.63) is 28.8 Å². The first kappa shape index (κ1) is 19.7. The van der Waals surface area contributed by atoms with Gasteiger partial charge in [0.25, 0.3) is 5.91 Å². The van der Waals surface area contributed by atoms with Crippen LogP contribution in [0.3, 0.4) is 0 Å². The van der Waals surface area contributed by atoms with E-state index < -0.39 is 6.04 Å². The summed E-state index contributed by atoms with van der Waals surface area (Å²) >= 11 is 6.25. The van der Waals surface area contributed by atoms with Gasteiger partial charge in [-0.2, -0.15) is 0 Å². The van der Waals surface area contributed by atoms with Gasteiger partial charge in [-0.05, 0) is 50.8 Å². The SMILES string of the molecule is CCN(CC)C(=O)c1ccc(NC(=O)C(N)C2CCOCC2)cc1Cl. The molecule has 1 atom stereocenters. The fourth-order valence-electron chi connectivity index (χ4n) is 2.96. The second kappa shape index (κ2) is 9.17. The Labute approximate surface area is 153 Å². The summed E-state index contributed by atoms with van der Waals surface area (Å²) in [4.78, 5) is 26.4. The predicted octanol–water partition coefficient (Wildman–Crippen LogP) is 2.51. The highest BCUT2D eigenvalue weighted by Gasteiger charge is 2.26. The van der Waals surface area contributed by atoms with E-state index in [1.807, 2.05) is 13.8 Å². The number of hydrogen-bond acceptors (Lipinski definition) is 4. The summed E-state index contributed by atoms with van der Waals surface area (Å²) in [5.74, 6) is -0.245. The highest BCUT2D eigenvalue weighted by molar-refractivity contribution is 6.34. The van der Waals surface area contributed by atoms with Crippen LogP contribution in [0.5, 0.6) is 0 Å². The Morgan fingerprint density at radius 2 is 1.96 bits per heavy atom. The quantitative estimate of drug-likeness (QED) is 0.809. The largest absolute Gasteiger partial charge is 0.381 e. The third kappa shape index (κ3) is 4.93. The van der Waals surface area contributed by atoms with Crippen LogP contribution in [0.4, 0.5) is 5.69 Å². The van der Waals surface area contributed by atoms with Crippen LogP contribution >= 0.6 is 11.6 Å². The summed E-state index contributed by atoms with van der Waals surface area (Å²) in [7, 11) is 0. The van der Waals surface area contributed by atoms with Crippen LogP contribution < -0.4 is 11.1 Å². The number of carbonyl (C=O) groups excluding carboxylic acids is 2. The Morgan fingerprint density at radius 1 is 1.32 bits per heavy atom. The lowest BCUT2D eigenvalue weighted by molar-refractivity contribution is -0.119. The molecular formula is C18H26ClN3O3. The van der Waals surface area contributed by atoms with E-state index in [0.717, 1.165) is 12.8 Å². The van der Waals surface area contributed by atoms with Gasteiger partial charge in [0.05, 0.1) is 16.6 Å². The predicted molar refractivity (Wildman–Crippen MR) is 98.9 cm³/mol. The Hall–Kier alpha value is -1.63. The summed E-state index contributed by atoms with van der Waals surface area (Å²) in [5.41, 5.74) is 7.03. The number of hydrogen-bond donors (Lipinski definition) is 2. The van der Waals surface area contributed by atoms with Gasteiger partial charge >= 0.3 is 0 Å². The van der Waals surface area contributed by atoms with Crippen LogP contribution in [-0.2, 0) is 9.53 Å². The smallest absolute Gasteiger partial charge is 0.255 e. The Balaban J connectivity index is 2.04. The van der Waals surface area contributed by atoms with Crippen LogP contribution in [0.2, 0.25) is 5.02 Å². The average molecular weight is 368 g/mol. The molecule has 1 aromatic carbocycles. The molecule has 6 nitrogen and oxygen atoms in total. The van der Waals surface area contributed by atoms with Crippen molar-refractivity contribution in [2.24, 2.45) is 11.7 Å². The van der Waals surface area contributed by atoms with Crippen molar-refractivity contribution in [1.29, 1.82) is 0 Å². The van der Waals surface area contributed by atoms with Crippen molar-refractivity contribution in [1.82, 2.24) is 4.90 Å². The highest BCUT2D eigenvalue weighted by atomic mass is 35.5. The lowest BCUT2D eigenvalue weighted by Crippen LogP contribution is -2.44. The molecule has 0 bridgehead atoms. The summed E-state index contributed by atoms with van der Waals surface area (Å²) in [6.07, 6.45) is 1.57. The number of halogens is 1. The van der Waals surface area contributed by atoms with E-state index in [1.165, 1.54) is 0 Å². The van der Waals surface area contributed by atoms with Gasteiger partial charge in [-0.25, -0.2) is 0 Å². The van der Waals surface area contributed by atoms with E-state index in [4.69, 9.17) is 22.1 Å². The molecule has 0 spiro atoms. The molecule has 1 aromatic rings. The van der Waals surface area contributed by atoms with E-state index in [1.54, 1.807) is 23.1 Å². The number of ether oxygens (including phenoxy) is 1. The number of nitrogens with two attached hydrogens (primary N) is 1. The molecular weight excluding hydrogens is 342 g/mol. The third-order valence-corrected chi connectivity index (χ3v) is 4.91. The van der Waals surface area contributed by atoms with Gasteiger partial charge < -0.3 is 20.7 Å². The number of anilines is 1. The summed E-state index contributed by atoms with van der Waals surface area (Å²) in [6.45, 7) is 6.34. The summed E-state index contributed by atoms with van der Waals surface area (Å²) < 4.78 is 5.30. The third-order valence-electron chi connectivity index (χ3n) is 4.59. The van der Waals surface area contributed by atoms with Gasteiger partial charge in [0, 0.05) is 32.0 Å². The average Bonchev–Trinajstić information content (AvgIpc) is 2.62. The Bertz CT molecular complexity index is 614. The molecule has 1 aliphatic rings. The zero-order valence-electron chi connectivity index (χ0n) is 14.8. The highest BCUT2D eigenvalue weighted by Crippen LogP contribution is 2.24. The number of amides is 2. The van der Waals surface area contributed by atoms with Crippen molar-refractivity contribution in [2.45, 2.75) is 32.7 Å². The molecule has 1 saturated heterocycles. The fraction of sp³-hybridized carbons (Fsp3) is 0.556. The van der Waals surface area contributed by atoms with E-state index >= 15 is 0 Å². The molecule has 1 aliphatic heterocycles. The molecule has 0 radical (unpaired) electrons. The first-order chi connectivity index (χ1) is 12.0. The molecule has 7 heteroatoms. The molecule has 1 unspecified atom stereocenters. The summed E-state index contributed by atoms with van der Waals surface area (Å²) in [5, 5.41) is 3.10. The van der Waals surface area contributed by atoms with Crippen molar-refractivity contribution in [2.75, 3.05) is 31.6 Å². The maximum atomic E-state index is 12.4. The Morgan fingerprint density at radius 3 is 2.52 bits per heavy atom. The molecule has 3 N–H and O–H groups in total. The minimum Gasteiger partial charge on any atom is -0.381 e. The number of nitrogens with zero attached hydrogens (tertiary/aromatic N) is 1. The first-order valence-corrected chi connectivity index (χ1v) is 9.08. The molecule has 0 aromatic heterocycles. The van der Waals surface area contributed by atoms with Gasteiger partial charge in [-0.1, -0.05) is 11.6 Å². The minimum atomic E-state index is -0.584. The second-order valence-corrected chi connectivity index (χ2v) is 6.54. The molecule has 2 amide bonds. The van der Waals surface area contributed by atoms with Crippen LogP contribution in [0.1, 0.15) is 37.0 Å². The number of nitrogens with one attached hydrogen (secondary N) is 1. The molecule has 25 heavy (non-hydrogen) atoms. The standard InChI is InChI=1S/C18H26ClN3O3/c1-3-22(4-2)18(24)14-6-5-13(11-15(14)19)21-17(23)16(20)12-7-9-25-10-8-12/h5-6,11-12,16H,3-4,7-10,20H2,1-2H3,(H,21,23). The van der Waals surface area contributed by atoms with E-state index in [2.05, 4.69) is 5.32 Å². The molecule has 0 aliphatic carbocycles.